The quantitative estimate of drug-likeness (QED) is 0.622. The number of carboxylic acid groups (broad SMARTS) is 1. The SMILES string of the molecule is O=C(O)Oc1cnc(-c2ccccc2)nc1Oc1cccc(Cl)c1Cl. The molecule has 0 amide bonds. The summed E-state index contributed by atoms with van der Waals surface area (Å²) < 4.78 is 10.3. The van der Waals surface area contributed by atoms with Crippen molar-refractivity contribution in [1.29, 1.82) is 0 Å². The Morgan fingerprint density at radius 3 is 2.48 bits per heavy atom. The van der Waals surface area contributed by atoms with E-state index in [-0.39, 0.29) is 27.4 Å². The number of aromatic nitrogens is 2. The lowest BCUT2D eigenvalue weighted by Crippen LogP contribution is -2.06. The van der Waals surface area contributed by atoms with Crippen molar-refractivity contribution in [2.24, 2.45) is 0 Å². The second kappa shape index (κ2) is 7.38. The van der Waals surface area contributed by atoms with Crippen LogP contribution in [0.3, 0.4) is 0 Å². The van der Waals surface area contributed by atoms with E-state index in [1.165, 1.54) is 6.20 Å². The lowest BCUT2D eigenvalue weighted by atomic mass is 10.2. The van der Waals surface area contributed by atoms with Gasteiger partial charge in [0.05, 0.1) is 11.2 Å². The Kier molecular flexibility index (Phi) is 5.02. The minimum absolute atomic E-state index is 0.0968. The highest BCUT2D eigenvalue weighted by molar-refractivity contribution is 6.42. The Bertz CT molecular complexity index is 920. The van der Waals surface area contributed by atoms with Crippen molar-refractivity contribution >= 4 is 29.4 Å². The van der Waals surface area contributed by atoms with E-state index < -0.39 is 6.16 Å². The van der Waals surface area contributed by atoms with Crippen LogP contribution >= 0.6 is 23.2 Å². The van der Waals surface area contributed by atoms with Crippen LogP contribution in [0.1, 0.15) is 0 Å². The first-order valence-corrected chi connectivity index (χ1v) is 7.75. The second-order valence-electron chi connectivity index (χ2n) is 4.75. The maximum Gasteiger partial charge on any atom is 0.511 e. The van der Waals surface area contributed by atoms with Gasteiger partial charge in [0.15, 0.2) is 5.82 Å². The van der Waals surface area contributed by atoms with Crippen molar-refractivity contribution in [2.75, 3.05) is 0 Å². The fourth-order valence-corrected chi connectivity index (χ4v) is 2.32. The molecular formula is C17H10Cl2N2O4. The average molecular weight is 377 g/mol. The smallest absolute Gasteiger partial charge is 0.449 e. The monoisotopic (exact) mass is 376 g/mol. The van der Waals surface area contributed by atoms with Crippen LogP contribution in [-0.4, -0.2) is 21.2 Å². The molecule has 0 saturated carbocycles. The van der Waals surface area contributed by atoms with Gasteiger partial charge in [-0.05, 0) is 12.1 Å². The number of rotatable bonds is 4. The van der Waals surface area contributed by atoms with Gasteiger partial charge < -0.3 is 14.6 Å². The first-order valence-electron chi connectivity index (χ1n) is 6.99. The van der Waals surface area contributed by atoms with Crippen molar-refractivity contribution in [3.8, 4) is 28.8 Å². The summed E-state index contributed by atoms with van der Waals surface area (Å²) >= 11 is 12.1. The Morgan fingerprint density at radius 1 is 1.00 bits per heavy atom. The largest absolute Gasteiger partial charge is 0.511 e. The van der Waals surface area contributed by atoms with Crippen LogP contribution in [0.2, 0.25) is 10.0 Å². The highest BCUT2D eigenvalue weighted by atomic mass is 35.5. The lowest BCUT2D eigenvalue weighted by molar-refractivity contribution is 0.142. The van der Waals surface area contributed by atoms with Crippen LogP contribution in [0.15, 0.2) is 54.7 Å². The maximum absolute atomic E-state index is 10.9. The number of ether oxygens (including phenoxy) is 2. The molecule has 3 aromatic rings. The van der Waals surface area contributed by atoms with Crippen LogP contribution in [0.25, 0.3) is 11.4 Å². The molecule has 6 nitrogen and oxygen atoms in total. The topological polar surface area (TPSA) is 81.5 Å². The van der Waals surface area contributed by atoms with Crippen molar-refractivity contribution in [3.63, 3.8) is 0 Å². The molecule has 0 unspecified atom stereocenters. The summed E-state index contributed by atoms with van der Waals surface area (Å²) in [6, 6.07) is 13.9. The van der Waals surface area contributed by atoms with Crippen LogP contribution in [0.5, 0.6) is 17.4 Å². The first-order chi connectivity index (χ1) is 12.0. The van der Waals surface area contributed by atoms with E-state index in [0.717, 1.165) is 5.56 Å². The number of hydrogen-bond donors (Lipinski definition) is 1. The van der Waals surface area contributed by atoms with Gasteiger partial charge in [0.2, 0.25) is 5.75 Å². The van der Waals surface area contributed by atoms with Gasteiger partial charge in [-0.15, -0.1) is 0 Å². The fourth-order valence-electron chi connectivity index (χ4n) is 1.99. The normalized spacial score (nSPS) is 10.3. The summed E-state index contributed by atoms with van der Waals surface area (Å²) in [5.41, 5.74) is 0.728. The minimum atomic E-state index is -1.52. The van der Waals surface area contributed by atoms with Gasteiger partial charge in [-0.2, -0.15) is 4.98 Å². The van der Waals surface area contributed by atoms with Crippen LogP contribution < -0.4 is 9.47 Å². The van der Waals surface area contributed by atoms with E-state index in [1.807, 2.05) is 30.3 Å². The molecule has 8 heteroatoms. The third-order valence-corrected chi connectivity index (χ3v) is 3.88. The summed E-state index contributed by atoms with van der Waals surface area (Å²) in [5.74, 6) is 0.289. The third kappa shape index (κ3) is 3.99. The molecule has 0 saturated heterocycles. The van der Waals surface area contributed by atoms with Gasteiger partial charge in [0.25, 0.3) is 5.88 Å². The molecule has 25 heavy (non-hydrogen) atoms. The molecule has 126 valence electrons. The van der Waals surface area contributed by atoms with Crippen molar-refractivity contribution < 1.29 is 19.4 Å². The van der Waals surface area contributed by atoms with Gasteiger partial charge in [-0.3, -0.25) is 0 Å². The van der Waals surface area contributed by atoms with E-state index in [9.17, 15) is 4.79 Å². The van der Waals surface area contributed by atoms with Crippen LogP contribution in [-0.2, 0) is 0 Å². The molecule has 0 fully saturated rings. The second-order valence-corrected chi connectivity index (χ2v) is 5.54. The maximum atomic E-state index is 10.9. The van der Waals surface area contributed by atoms with E-state index in [1.54, 1.807) is 18.2 Å². The minimum Gasteiger partial charge on any atom is -0.449 e. The molecule has 2 aromatic carbocycles. The Balaban J connectivity index is 2.04. The van der Waals surface area contributed by atoms with Crippen molar-refractivity contribution in [2.45, 2.75) is 0 Å². The van der Waals surface area contributed by atoms with Gasteiger partial charge in [-0.25, -0.2) is 9.78 Å². The molecular weight excluding hydrogens is 367 g/mol. The van der Waals surface area contributed by atoms with Gasteiger partial charge in [0, 0.05) is 5.56 Å². The zero-order valence-corrected chi connectivity index (χ0v) is 14.0. The molecule has 0 spiro atoms. The first kappa shape index (κ1) is 17.0. The number of hydrogen-bond acceptors (Lipinski definition) is 5. The molecule has 0 aliphatic heterocycles. The summed E-state index contributed by atoms with van der Waals surface area (Å²) in [7, 11) is 0. The molecule has 1 aromatic heterocycles. The zero-order valence-electron chi connectivity index (χ0n) is 12.5. The fraction of sp³-hybridized carbons (Fsp3) is 0. The molecule has 1 N–H and O–H groups in total. The summed E-state index contributed by atoms with van der Waals surface area (Å²) in [5, 5.41) is 9.32. The number of carbonyl (C=O) groups is 1. The summed E-state index contributed by atoms with van der Waals surface area (Å²) in [6.45, 7) is 0. The van der Waals surface area contributed by atoms with E-state index in [4.69, 9.17) is 33.0 Å². The highest BCUT2D eigenvalue weighted by Crippen LogP contribution is 2.37. The Morgan fingerprint density at radius 2 is 1.76 bits per heavy atom. The van der Waals surface area contributed by atoms with Gasteiger partial charge in [0.1, 0.15) is 10.8 Å². The third-order valence-electron chi connectivity index (χ3n) is 3.07. The Hall–Kier alpha value is -2.83. The Labute approximate surface area is 152 Å². The predicted octanol–water partition coefficient (Wildman–Crippen LogP) is 5.30. The van der Waals surface area contributed by atoms with Gasteiger partial charge in [-0.1, -0.05) is 59.6 Å². The number of halogens is 2. The van der Waals surface area contributed by atoms with Crippen LogP contribution in [0.4, 0.5) is 4.79 Å². The number of benzene rings is 2. The lowest BCUT2D eigenvalue weighted by Gasteiger charge is -2.11. The standard InChI is InChI=1S/C17H10Cl2N2O4/c18-11-7-4-8-12(14(11)19)24-16-13(25-17(22)23)9-20-15(21-16)10-5-2-1-3-6-10/h1-9H,(H,22,23). The molecule has 1 heterocycles. The van der Waals surface area contributed by atoms with E-state index >= 15 is 0 Å². The van der Waals surface area contributed by atoms with Gasteiger partial charge >= 0.3 is 6.16 Å². The van der Waals surface area contributed by atoms with Crippen molar-refractivity contribution in [1.82, 2.24) is 9.97 Å². The van der Waals surface area contributed by atoms with E-state index in [0.29, 0.717) is 5.82 Å². The molecule has 0 aliphatic carbocycles. The van der Waals surface area contributed by atoms with Crippen LogP contribution in [0, 0.1) is 0 Å². The predicted molar refractivity (Wildman–Crippen MR) is 92.7 cm³/mol. The average Bonchev–Trinajstić information content (AvgIpc) is 2.61. The summed E-state index contributed by atoms with van der Waals surface area (Å²) in [4.78, 5) is 19.2. The van der Waals surface area contributed by atoms with E-state index in [2.05, 4.69) is 14.7 Å². The zero-order chi connectivity index (χ0) is 17.8. The summed E-state index contributed by atoms with van der Waals surface area (Å²) in [6.07, 6.45) is -0.296. The molecule has 0 bridgehead atoms. The van der Waals surface area contributed by atoms with Crippen molar-refractivity contribution in [3.05, 3.63) is 64.8 Å². The molecule has 0 aliphatic rings. The molecule has 0 radical (unpaired) electrons. The number of nitrogens with zero attached hydrogens (tertiary/aromatic N) is 2. The molecule has 3 rings (SSSR count). The highest BCUT2D eigenvalue weighted by Gasteiger charge is 2.17. The molecule has 0 atom stereocenters.